The summed E-state index contributed by atoms with van der Waals surface area (Å²) in [5, 5.41) is 3.41. The Bertz CT molecular complexity index is 305. The number of anilines is 1. The summed E-state index contributed by atoms with van der Waals surface area (Å²) >= 11 is 0. The SMILES string of the molecule is c1ccc(NC[C@@H]2C[C@H]2C2CC2)nc1. The van der Waals surface area contributed by atoms with Crippen molar-refractivity contribution < 1.29 is 0 Å². The zero-order valence-electron chi connectivity index (χ0n) is 8.32. The molecule has 2 heteroatoms. The summed E-state index contributed by atoms with van der Waals surface area (Å²) in [4.78, 5) is 4.25. The van der Waals surface area contributed by atoms with Crippen LogP contribution in [0.2, 0.25) is 0 Å². The molecule has 0 unspecified atom stereocenters. The fourth-order valence-electron chi connectivity index (χ4n) is 2.31. The average molecular weight is 188 g/mol. The zero-order valence-corrected chi connectivity index (χ0v) is 8.32. The quantitative estimate of drug-likeness (QED) is 0.785. The van der Waals surface area contributed by atoms with Gasteiger partial charge in [-0.15, -0.1) is 0 Å². The first-order chi connectivity index (χ1) is 6.93. The van der Waals surface area contributed by atoms with Crippen molar-refractivity contribution in [1.29, 1.82) is 0 Å². The molecule has 3 rings (SSSR count). The van der Waals surface area contributed by atoms with Gasteiger partial charge in [-0.1, -0.05) is 6.07 Å². The number of nitrogens with one attached hydrogen (secondary N) is 1. The fourth-order valence-corrected chi connectivity index (χ4v) is 2.31. The lowest BCUT2D eigenvalue weighted by Gasteiger charge is -2.03. The fraction of sp³-hybridized carbons (Fsp3) is 0.583. The summed E-state index contributed by atoms with van der Waals surface area (Å²) in [7, 11) is 0. The number of rotatable bonds is 4. The van der Waals surface area contributed by atoms with Crippen molar-refractivity contribution in [3.05, 3.63) is 24.4 Å². The number of pyridine rings is 1. The van der Waals surface area contributed by atoms with Gasteiger partial charge in [0.05, 0.1) is 0 Å². The van der Waals surface area contributed by atoms with E-state index in [1.165, 1.54) is 19.3 Å². The monoisotopic (exact) mass is 188 g/mol. The van der Waals surface area contributed by atoms with E-state index in [0.29, 0.717) is 0 Å². The average Bonchev–Trinajstić information content (AvgIpc) is 3.09. The molecular formula is C12H16N2. The third-order valence-electron chi connectivity index (χ3n) is 3.42. The van der Waals surface area contributed by atoms with E-state index < -0.39 is 0 Å². The number of aromatic nitrogens is 1. The highest BCUT2D eigenvalue weighted by atomic mass is 15.0. The number of hydrogen-bond acceptors (Lipinski definition) is 2. The van der Waals surface area contributed by atoms with Crippen LogP contribution < -0.4 is 5.32 Å². The van der Waals surface area contributed by atoms with Crippen molar-refractivity contribution in [2.45, 2.75) is 19.3 Å². The maximum Gasteiger partial charge on any atom is 0.125 e. The molecule has 0 spiro atoms. The first kappa shape index (κ1) is 8.27. The highest BCUT2D eigenvalue weighted by Gasteiger charge is 2.46. The topological polar surface area (TPSA) is 24.9 Å². The van der Waals surface area contributed by atoms with E-state index in [1.54, 1.807) is 0 Å². The third-order valence-corrected chi connectivity index (χ3v) is 3.42. The molecule has 0 aliphatic heterocycles. The molecule has 2 nitrogen and oxygen atoms in total. The lowest BCUT2D eigenvalue weighted by atomic mass is 10.2. The van der Waals surface area contributed by atoms with Gasteiger partial charge in [0.15, 0.2) is 0 Å². The normalized spacial score (nSPS) is 30.0. The van der Waals surface area contributed by atoms with Crippen molar-refractivity contribution in [3.63, 3.8) is 0 Å². The predicted molar refractivity (Wildman–Crippen MR) is 57.0 cm³/mol. The summed E-state index contributed by atoms with van der Waals surface area (Å²) < 4.78 is 0. The summed E-state index contributed by atoms with van der Waals surface area (Å²) in [6, 6.07) is 6.02. The van der Waals surface area contributed by atoms with Gasteiger partial charge in [-0.3, -0.25) is 0 Å². The summed E-state index contributed by atoms with van der Waals surface area (Å²) in [6.07, 6.45) is 6.27. The van der Waals surface area contributed by atoms with Crippen molar-refractivity contribution in [3.8, 4) is 0 Å². The Hall–Kier alpha value is -1.05. The molecule has 0 saturated heterocycles. The molecule has 2 fully saturated rings. The van der Waals surface area contributed by atoms with E-state index >= 15 is 0 Å². The highest BCUT2D eigenvalue weighted by Crippen LogP contribution is 2.54. The first-order valence-corrected chi connectivity index (χ1v) is 5.58. The minimum Gasteiger partial charge on any atom is -0.370 e. The van der Waals surface area contributed by atoms with E-state index in [2.05, 4.69) is 10.3 Å². The van der Waals surface area contributed by atoms with E-state index in [-0.39, 0.29) is 0 Å². The van der Waals surface area contributed by atoms with Crippen LogP contribution in [0, 0.1) is 17.8 Å². The van der Waals surface area contributed by atoms with E-state index in [0.717, 1.165) is 30.1 Å². The second-order valence-corrected chi connectivity index (χ2v) is 4.59. The highest BCUT2D eigenvalue weighted by molar-refractivity contribution is 5.33. The maximum absolute atomic E-state index is 4.25. The standard InChI is InChI=1S/C12H16N2/c1-2-6-13-12(3-1)14-8-10-7-11(10)9-4-5-9/h1-3,6,9-11H,4-5,7-8H2,(H,13,14)/t10-,11-/m0/s1. The van der Waals surface area contributed by atoms with Gasteiger partial charge in [-0.25, -0.2) is 4.98 Å². The Balaban J connectivity index is 1.47. The molecule has 1 aromatic rings. The second-order valence-electron chi connectivity index (χ2n) is 4.59. The molecule has 1 aromatic heterocycles. The summed E-state index contributed by atoms with van der Waals surface area (Å²) in [6.45, 7) is 1.12. The largest absolute Gasteiger partial charge is 0.370 e. The molecule has 1 N–H and O–H groups in total. The molecule has 14 heavy (non-hydrogen) atoms. The van der Waals surface area contributed by atoms with Crippen molar-refractivity contribution in [2.75, 3.05) is 11.9 Å². The minimum absolute atomic E-state index is 0.935. The van der Waals surface area contributed by atoms with Crippen LogP contribution in [-0.2, 0) is 0 Å². The zero-order chi connectivity index (χ0) is 9.38. The number of nitrogens with zero attached hydrogens (tertiary/aromatic N) is 1. The van der Waals surface area contributed by atoms with Crippen LogP contribution in [0.5, 0.6) is 0 Å². The van der Waals surface area contributed by atoms with Crippen molar-refractivity contribution >= 4 is 5.82 Å². The van der Waals surface area contributed by atoms with Crippen LogP contribution in [0.4, 0.5) is 5.82 Å². The second kappa shape index (κ2) is 3.26. The van der Waals surface area contributed by atoms with Gasteiger partial charge in [0.1, 0.15) is 5.82 Å². The predicted octanol–water partition coefficient (Wildman–Crippen LogP) is 2.54. The Morgan fingerprint density at radius 3 is 3.00 bits per heavy atom. The third kappa shape index (κ3) is 1.74. The minimum atomic E-state index is 0.935. The van der Waals surface area contributed by atoms with Gasteiger partial charge in [0.25, 0.3) is 0 Å². The van der Waals surface area contributed by atoms with E-state index in [1.807, 2.05) is 24.4 Å². The van der Waals surface area contributed by atoms with Crippen molar-refractivity contribution in [1.82, 2.24) is 4.98 Å². The number of hydrogen-bond donors (Lipinski definition) is 1. The molecule has 0 amide bonds. The Labute approximate surface area is 84.7 Å². The Kier molecular flexibility index (Phi) is 1.93. The van der Waals surface area contributed by atoms with Gasteiger partial charge in [0, 0.05) is 12.7 Å². The molecule has 2 aliphatic rings. The van der Waals surface area contributed by atoms with Crippen LogP contribution in [0.15, 0.2) is 24.4 Å². The molecular weight excluding hydrogens is 172 g/mol. The van der Waals surface area contributed by atoms with Gasteiger partial charge >= 0.3 is 0 Å². The first-order valence-electron chi connectivity index (χ1n) is 5.58. The molecule has 0 radical (unpaired) electrons. The molecule has 2 saturated carbocycles. The van der Waals surface area contributed by atoms with Gasteiger partial charge < -0.3 is 5.32 Å². The van der Waals surface area contributed by atoms with Gasteiger partial charge in [0.2, 0.25) is 0 Å². The van der Waals surface area contributed by atoms with Crippen LogP contribution in [0.25, 0.3) is 0 Å². The lowest BCUT2D eigenvalue weighted by molar-refractivity contribution is 0.642. The molecule has 0 aromatic carbocycles. The lowest BCUT2D eigenvalue weighted by Crippen LogP contribution is -2.06. The van der Waals surface area contributed by atoms with E-state index in [9.17, 15) is 0 Å². The van der Waals surface area contributed by atoms with Crippen LogP contribution in [0.3, 0.4) is 0 Å². The van der Waals surface area contributed by atoms with Gasteiger partial charge in [-0.05, 0) is 49.1 Å². The summed E-state index contributed by atoms with van der Waals surface area (Å²) in [5.41, 5.74) is 0. The molecule has 74 valence electrons. The van der Waals surface area contributed by atoms with Gasteiger partial charge in [-0.2, -0.15) is 0 Å². The maximum atomic E-state index is 4.25. The van der Waals surface area contributed by atoms with Crippen LogP contribution in [-0.4, -0.2) is 11.5 Å². The molecule has 0 bridgehead atoms. The Morgan fingerprint density at radius 2 is 2.29 bits per heavy atom. The smallest absolute Gasteiger partial charge is 0.125 e. The van der Waals surface area contributed by atoms with Crippen molar-refractivity contribution in [2.24, 2.45) is 17.8 Å². The summed E-state index contributed by atoms with van der Waals surface area (Å²) in [5.74, 6) is 4.09. The van der Waals surface area contributed by atoms with E-state index in [4.69, 9.17) is 0 Å². The van der Waals surface area contributed by atoms with Crippen LogP contribution in [0.1, 0.15) is 19.3 Å². The molecule has 2 aliphatic carbocycles. The molecule has 2 atom stereocenters. The van der Waals surface area contributed by atoms with Crippen LogP contribution >= 0.6 is 0 Å². The Morgan fingerprint density at radius 1 is 1.36 bits per heavy atom. The molecule has 1 heterocycles.